The van der Waals surface area contributed by atoms with Crippen LogP contribution in [-0.4, -0.2) is 57.3 Å². The maximum Gasteiger partial charge on any atom is 0.255 e. The molecule has 6 nitrogen and oxygen atoms in total. The average molecular weight is 326 g/mol. The maximum absolute atomic E-state index is 12.7. The van der Waals surface area contributed by atoms with Crippen molar-refractivity contribution in [1.29, 1.82) is 0 Å². The van der Waals surface area contributed by atoms with Crippen LogP contribution in [0, 0.1) is 13.8 Å². The van der Waals surface area contributed by atoms with Crippen LogP contribution < -0.4 is 0 Å². The Balaban J connectivity index is 1.65. The lowest BCUT2D eigenvalue weighted by molar-refractivity contribution is 0.0534. The second kappa shape index (κ2) is 6.47. The molecule has 1 aliphatic rings. The average Bonchev–Trinajstić information content (AvgIpc) is 2.89. The number of rotatable bonds is 2. The summed E-state index contributed by atoms with van der Waals surface area (Å²) in [7, 11) is 1.96. The predicted molar refractivity (Wildman–Crippen MR) is 90.9 cm³/mol. The third kappa shape index (κ3) is 2.91. The molecule has 3 heterocycles. The normalized spacial score (nSPS) is 14.8. The summed E-state index contributed by atoms with van der Waals surface area (Å²) < 4.78 is 2.02. The highest BCUT2D eigenvalue weighted by atomic mass is 16.2. The zero-order chi connectivity index (χ0) is 17.3. The zero-order valence-corrected chi connectivity index (χ0v) is 14.3. The van der Waals surface area contributed by atoms with Crippen LogP contribution in [0.3, 0.4) is 0 Å². The molecule has 1 aliphatic heterocycles. The Morgan fingerprint density at radius 1 is 1.04 bits per heavy atom. The fourth-order valence-electron chi connectivity index (χ4n) is 3.03. The Hall–Kier alpha value is -2.63. The Kier molecular flexibility index (Phi) is 4.38. The van der Waals surface area contributed by atoms with Crippen molar-refractivity contribution < 1.29 is 9.59 Å². The van der Waals surface area contributed by atoms with E-state index in [4.69, 9.17) is 0 Å². The van der Waals surface area contributed by atoms with Gasteiger partial charge in [0.25, 0.3) is 11.8 Å². The van der Waals surface area contributed by atoms with E-state index < -0.39 is 0 Å². The third-order valence-corrected chi connectivity index (χ3v) is 4.77. The number of piperazine rings is 1. The van der Waals surface area contributed by atoms with E-state index in [-0.39, 0.29) is 11.8 Å². The quantitative estimate of drug-likeness (QED) is 0.843. The fraction of sp³-hybridized carbons (Fsp3) is 0.389. The smallest absolute Gasteiger partial charge is 0.255 e. The van der Waals surface area contributed by atoms with Crippen molar-refractivity contribution in [1.82, 2.24) is 19.4 Å². The number of hydrogen-bond donors (Lipinski definition) is 0. The van der Waals surface area contributed by atoms with Gasteiger partial charge >= 0.3 is 0 Å². The van der Waals surface area contributed by atoms with E-state index in [1.54, 1.807) is 29.4 Å². The van der Waals surface area contributed by atoms with E-state index in [1.807, 2.05) is 36.4 Å². The van der Waals surface area contributed by atoms with Crippen LogP contribution in [0.5, 0.6) is 0 Å². The highest BCUT2D eigenvalue weighted by Gasteiger charge is 2.27. The standard InChI is InChI=1S/C18H22N4O2/c1-13-11-16(14(2)20(13)3)18(24)22-9-7-21(8-10-22)17(23)15-5-4-6-19-12-15/h4-6,11-12H,7-10H2,1-3H3. The van der Waals surface area contributed by atoms with Crippen molar-refractivity contribution in [2.24, 2.45) is 7.05 Å². The molecule has 0 aromatic carbocycles. The minimum atomic E-state index is -0.0260. The van der Waals surface area contributed by atoms with Gasteiger partial charge in [-0.25, -0.2) is 0 Å². The summed E-state index contributed by atoms with van der Waals surface area (Å²) in [6, 6.07) is 5.46. The van der Waals surface area contributed by atoms with E-state index in [1.165, 1.54) is 0 Å². The number of aryl methyl sites for hydroxylation is 1. The van der Waals surface area contributed by atoms with Gasteiger partial charge in [0.1, 0.15) is 0 Å². The molecule has 0 radical (unpaired) electrons. The highest BCUT2D eigenvalue weighted by Crippen LogP contribution is 2.17. The number of amides is 2. The number of aromatic nitrogens is 2. The second-order valence-corrected chi connectivity index (χ2v) is 6.17. The van der Waals surface area contributed by atoms with E-state index in [2.05, 4.69) is 4.98 Å². The topological polar surface area (TPSA) is 58.4 Å². The van der Waals surface area contributed by atoms with Crippen molar-refractivity contribution in [3.05, 3.63) is 53.1 Å². The van der Waals surface area contributed by atoms with Crippen LogP contribution in [0.25, 0.3) is 0 Å². The van der Waals surface area contributed by atoms with Crippen molar-refractivity contribution in [2.45, 2.75) is 13.8 Å². The Labute approximate surface area is 141 Å². The van der Waals surface area contributed by atoms with Crippen LogP contribution in [0.15, 0.2) is 30.6 Å². The molecule has 0 bridgehead atoms. The third-order valence-electron chi connectivity index (χ3n) is 4.77. The van der Waals surface area contributed by atoms with Crippen molar-refractivity contribution in [3.63, 3.8) is 0 Å². The van der Waals surface area contributed by atoms with Gasteiger partial charge in [0.05, 0.1) is 11.1 Å². The first kappa shape index (κ1) is 16.2. The summed E-state index contributed by atoms with van der Waals surface area (Å²) in [4.78, 5) is 32.8. The number of nitrogens with zero attached hydrogens (tertiary/aromatic N) is 4. The van der Waals surface area contributed by atoms with E-state index in [0.29, 0.717) is 31.7 Å². The summed E-state index contributed by atoms with van der Waals surface area (Å²) in [5, 5.41) is 0. The van der Waals surface area contributed by atoms with Crippen molar-refractivity contribution in [3.8, 4) is 0 Å². The molecule has 1 fully saturated rings. The predicted octanol–water partition coefficient (Wildman–Crippen LogP) is 1.64. The summed E-state index contributed by atoms with van der Waals surface area (Å²) in [6.07, 6.45) is 3.23. The molecule has 0 unspecified atom stereocenters. The van der Waals surface area contributed by atoms with Gasteiger partial charge < -0.3 is 14.4 Å². The summed E-state index contributed by atoms with van der Waals surface area (Å²) in [5.41, 5.74) is 3.39. The number of carbonyl (C=O) groups excluding carboxylic acids is 2. The minimum absolute atomic E-state index is 0.0260. The molecule has 3 rings (SSSR count). The van der Waals surface area contributed by atoms with Gasteiger partial charge in [-0.15, -0.1) is 0 Å². The molecule has 0 aliphatic carbocycles. The lowest BCUT2D eigenvalue weighted by atomic mass is 10.2. The zero-order valence-electron chi connectivity index (χ0n) is 14.3. The number of hydrogen-bond acceptors (Lipinski definition) is 3. The molecule has 0 saturated carbocycles. The molecule has 0 N–H and O–H groups in total. The molecule has 24 heavy (non-hydrogen) atoms. The van der Waals surface area contributed by atoms with Crippen molar-refractivity contribution in [2.75, 3.05) is 26.2 Å². The van der Waals surface area contributed by atoms with E-state index in [9.17, 15) is 9.59 Å². The van der Waals surface area contributed by atoms with Crippen LogP contribution in [0.1, 0.15) is 32.1 Å². The van der Waals surface area contributed by atoms with Crippen LogP contribution in [0.2, 0.25) is 0 Å². The molecule has 2 amide bonds. The largest absolute Gasteiger partial charge is 0.351 e. The molecule has 1 saturated heterocycles. The molecule has 126 valence electrons. The van der Waals surface area contributed by atoms with Crippen LogP contribution >= 0.6 is 0 Å². The molecule has 0 atom stereocenters. The highest BCUT2D eigenvalue weighted by molar-refractivity contribution is 5.96. The Bertz CT molecular complexity index is 759. The van der Waals surface area contributed by atoms with Gasteiger partial charge in [-0.2, -0.15) is 0 Å². The summed E-state index contributed by atoms with van der Waals surface area (Å²) in [6.45, 7) is 6.15. The SMILES string of the molecule is Cc1cc(C(=O)N2CCN(C(=O)c3cccnc3)CC2)c(C)n1C. The monoisotopic (exact) mass is 326 g/mol. The first-order valence-corrected chi connectivity index (χ1v) is 8.10. The molecular formula is C18H22N4O2. The van der Waals surface area contributed by atoms with E-state index in [0.717, 1.165) is 17.0 Å². The van der Waals surface area contributed by atoms with E-state index >= 15 is 0 Å². The van der Waals surface area contributed by atoms with Gasteiger partial charge in [0.15, 0.2) is 0 Å². The van der Waals surface area contributed by atoms with Gasteiger partial charge in [0, 0.05) is 57.0 Å². The molecular weight excluding hydrogens is 304 g/mol. The number of carbonyl (C=O) groups is 2. The minimum Gasteiger partial charge on any atom is -0.351 e. The van der Waals surface area contributed by atoms with Gasteiger partial charge in [-0.05, 0) is 32.0 Å². The molecule has 0 spiro atoms. The lowest BCUT2D eigenvalue weighted by Gasteiger charge is -2.34. The first-order chi connectivity index (χ1) is 11.5. The molecule has 2 aromatic heterocycles. The molecule has 2 aromatic rings. The lowest BCUT2D eigenvalue weighted by Crippen LogP contribution is -2.50. The van der Waals surface area contributed by atoms with Gasteiger partial charge in [-0.3, -0.25) is 14.6 Å². The summed E-state index contributed by atoms with van der Waals surface area (Å²) >= 11 is 0. The Morgan fingerprint density at radius 3 is 2.17 bits per heavy atom. The molecule has 6 heteroatoms. The maximum atomic E-state index is 12.7. The van der Waals surface area contributed by atoms with Gasteiger partial charge in [0.2, 0.25) is 0 Å². The van der Waals surface area contributed by atoms with Crippen molar-refractivity contribution >= 4 is 11.8 Å². The van der Waals surface area contributed by atoms with Gasteiger partial charge in [-0.1, -0.05) is 0 Å². The van der Waals surface area contributed by atoms with Crippen LogP contribution in [0.4, 0.5) is 0 Å². The second-order valence-electron chi connectivity index (χ2n) is 6.17. The Morgan fingerprint density at radius 2 is 1.67 bits per heavy atom. The fourth-order valence-corrected chi connectivity index (χ4v) is 3.03. The number of pyridine rings is 1. The van der Waals surface area contributed by atoms with Crippen LogP contribution in [-0.2, 0) is 7.05 Å². The summed E-state index contributed by atoms with van der Waals surface area (Å²) in [5.74, 6) is 0.0200. The first-order valence-electron chi connectivity index (χ1n) is 8.10.